The minimum atomic E-state index is -1.02. The van der Waals surface area contributed by atoms with Crippen LogP contribution in [0, 0.1) is 11.3 Å². The van der Waals surface area contributed by atoms with Gasteiger partial charge in [0.05, 0.1) is 13.2 Å². The molecule has 0 saturated carbocycles. The molecule has 0 saturated heterocycles. The lowest BCUT2D eigenvalue weighted by atomic mass is 10.0. The Labute approximate surface area is 146 Å². The average molecular weight is 346 g/mol. The Hall–Kier alpha value is -3.01. The van der Waals surface area contributed by atoms with Crippen LogP contribution in [0.15, 0.2) is 41.7 Å². The highest BCUT2D eigenvalue weighted by molar-refractivity contribution is 5.93. The van der Waals surface area contributed by atoms with Crippen molar-refractivity contribution in [3.05, 3.63) is 47.2 Å². The summed E-state index contributed by atoms with van der Waals surface area (Å²) >= 11 is 0. The van der Waals surface area contributed by atoms with Crippen molar-refractivity contribution < 1.29 is 24.2 Å². The van der Waals surface area contributed by atoms with Crippen LogP contribution in [0.1, 0.15) is 26.3 Å². The summed E-state index contributed by atoms with van der Waals surface area (Å²) in [5.74, 6) is -1.56. The van der Waals surface area contributed by atoms with E-state index in [0.717, 1.165) is 12.7 Å². The SMILES string of the molecule is COC(=O)/C(C#N)=C(/O)C(Cc1ccccc1)NC(=O)OC(C)(C)C. The van der Waals surface area contributed by atoms with E-state index in [1.165, 1.54) is 0 Å². The van der Waals surface area contributed by atoms with E-state index in [1.807, 2.05) is 6.07 Å². The second kappa shape index (κ2) is 8.73. The number of benzene rings is 1. The molecule has 0 fully saturated rings. The number of nitrogens with one attached hydrogen (secondary N) is 1. The van der Waals surface area contributed by atoms with Crippen LogP contribution in [-0.2, 0) is 20.7 Å². The summed E-state index contributed by atoms with van der Waals surface area (Å²) in [7, 11) is 1.10. The Kier molecular flexibility index (Phi) is 7.00. The number of hydrogen-bond acceptors (Lipinski definition) is 6. The molecule has 1 atom stereocenters. The summed E-state index contributed by atoms with van der Waals surface area (Å²) in [6.07, 6.45) is -0.615. The van der Waals surface area contributed by atoms with Crippen LogP contribution in [0.2, 0.25) is 0 Å². The number of esters is 1. The minimum absolute atomic E-state index is 0.161. The number of nitriles is 1. The van der Waals surface area contributed by atoms with E-state index in [0.29, 0.717) is 0 Å². The monoisotopic (exact) mass is 346 g/mol. The van der Waals surface area contributed by atoms with E-state index in [1.54, 1.807) is 51.1 Å². The molecule has 25 heavy (non-hydrogen) atoms. The van der Waals surface area contributed by atoms with Crippen molar-refractivity contribution in [3.63, 3.8) is 0 Å². The fourth-order valence-electron chi connectivity index (χ4n) is 2.00. The molecule has 1 aromatic carbocycles. The normalized spacial score (nSPS) is 13.1. The summed E-state index contributed by atoms with van der Waals surface area (Å²) in [6, 6.07) is 9.59. The van der Waals surface area contributed by atoms with Gasteiger partial charge in [0.2, 0.25) is 0 Å². The van der Waals surface area contributed by atoms with Gasteiger partial charge in [-0.05, 0) is 26.3 Å². The first-order valence-corrected chi connectivity index (χ1v) is 7.63. The minimum Gasteiger partial charge on any atom is -0.508 e. The topological polar surface area (TPSA) is 109 Å². The van der Waals surface area contributed by atoms with E-state index in [9.17, 15) is 14.7 Å². The van der Waals surface area contributed by atoms with Crippen LogP contribution in [0.5, 0.6) is 0 Å². The standard InChI is InChI=1S/C18H22N2O5/c1-18(2,3)25-17(23)20-14(10-12-8-6-5-7-9-12)15(21)13(11-19)16(22)24-4/h5-9,14,21H,10H2,1-4H3,(H,20,23)/b15-13+. The maximum absolute atomic E-state index is 12.0. The third-order valence-corrected chi connectivity index (χ3v) is 3.06. The first-order valence-electron chi connectivity index (χ1n) is 7.63. The van der Waals surface area contributed by atoms with E-state index in [2.05, 4.69) is 10.1 Å². The Balaban J connectivity index is 3.14. The number of carbonyl (C=O) groups is 2. The van der Waals surface area contributed by atoms with Crippen LogP contribution >= 0.6 is 0 Å². The molecule has 0 aliphatic carbocycles. The number of ether oxygens (including phenoxy) is 2. The molecule has 0 aliphatic heterocycles. The zero-order valence-corrected chi connectivity index (χ0v) is 14.7. The number of carbonyl (C=O) groups excluding carboxylic acids is 2. The fourth-order valence-corrected chi connectivity index (χ4v) is 2.00. The van der Waals surface area contributed by atoms with Gasteiger partial charge in [-0.25, -0.2) is 9.59 Å². The molecule has 0 bridgehead atoms. The lowest BCUT2D eigenvalue weighted by Crippen LogP contribution is -2.42. The molecular weight excluding hydrogens is 324 g/mol. The number of alkyl carbamates (subject to hydrolysis) is 1. The van der Waals surface area contributed by atoms with Gasteiger partial charge in [-0.1, -0.05) is 30.3 Å². The first kappa shape index (κ1) is 20.0. The fraction of sp³-hybridized carbons (Fsp3) is 0.389. The predicted octanol–water partition coefficient (Wildman–Crippen LogP) is 2.63. The number of aliphatic hydroxyl groups excluding tert-OH is 1. The lowest BCUT2D eigenvalue weighted by Gasteiger charge is -2.23. The molecule has 2 N–H and O–H groups in total. The molecule has 0 aliphatic rings. The van der Waals surface area contributed by atoms with Gasteiger partial charge in [-0.15, -0.1) is 0 Å². The largest absolute Gasteiger partial charge is 0.508 e. The Morgan fingerprint density at radius 3 is 2.36 bits per heavy atom. The number of amides is 1. The van der Waals surface area contributed by atoms with Crippen LogP contribution in [0.3, 0.4) is 0 Å². The highest BCUT2D eigenvalue weighted by Crippen LogP contribution is 2.15. The number of methoxy groups -OCH3 is 1. The molecule has 1 rings (SSSR count). The maximum Gasteiger partial charge on any atom is 0.408 e. The Morgan fingerprint density at radius 1 is 1.28 bits per heavy atom. The van der Waals surface area contributed by atoms with Gasteiger partial charge in [0.1, 0.15) is 17.4 Å². The summed E-state index contributed by atoms with van der Waals surface area (Å²) in [4.78, 5) is 23.7. The molecule has 7 heteroatoms. The number of nitrogens with zero attached hydrogens (tertiary/aromatic N) is 1. The quantitative estimate of drug-likeness (QED) is 0.367. The van der Waals surface area contributed by atoms with Crippen LogP contribution in [0.4, 0.5) is 4.79 Å². The average Bonchev–Trinajstić information content (AvgIpc) is 2.53. The zero-order chi connectivity index (χ0) is 19.0. The second-order valence-electron chi connectivity index (χ2n) is 6.25. The lowest BCUT2D eigenvalue weighted by molar-refractivity contribution is -0.135. The molecule has 1 amide bonds. The molecule has 0 spiro atoms. The summed E-state index contributed by atoms with van der Waals surface area (Å²) in [5.41, 5.74) is -0.516. The molecule has 134 valence electrons. The predicted molar refractivity (Wildman–Crippen MR) is 90.6 cm³/mol. The smallest absolute Gasteiger partial charge is 0.408 e. The molecule has 7 nitrogen and oxygen atoms in total. The summed E-state index contributed by atoms with van der Waals surface area (Å²) in [5, 5.41) is 22.0. The van der Waals surface area contributed by atoms with E-state index in [-0.39, 0.29) is 6.42 Å². The zero-order valence-electron chi connectivity index (χ0n) is 14.7. The van der Waals surface area contributed by atoms with Crippen LogP contribution < -0.4 is 5.32 Å². The molecule has 1 aromatic rings. The van der Waals surface area contributed by atoms with Crippen molar-refractivity contribution in [1.29, 1.82) is 5.26 Å². The van der Waals surface area contributed by atoms with Gasteiger partial charge >= 0.3 is 12.1 Å². The number of rotatable bonds is 5. The molecule has 1 unspecified atom stereocenters. The second-order valence-corrected chi connectivity index (χ2v) is 6.25. The van der Waals surface area contributed by atoms with Gasteiger partial charge in [-0.2, -0.15) is 5.26 Å². The summed E-state index contributed by atoms with van der Waals surface area (Å²) < 4.78 is 9.66. The molecular formula is C18H22N2O5. The van der Waals surface area contributed by atoms with E-state index < -0.39 is 35.0 Å². The van der Waals surface area contributed by atoms with Crippen molar-refractivity contribution in [3.8, 4) is 6.07 Å². The van der Waals surface area contributed by atoms with Crippen molar-refractivity contribution in [2.24, 2.45) is 0 Å². The van der Waals surface area contributed by atoms with Crippen LogP contribution in [0.25, 0.3) is 0 Å². The Bertz CT molecular complexity index is 684. The highest BCUT2D eigenvalue weighted by atomic mass is 16.6. The van der Waals surface area contributed by atoms with Gasteiger partial charge in [0.15, 0.2) is 5.57 Å². The molecule has 0 heterocycles. The Morgan fingerprint density at radius 2 is 1.88 bits per heavy atom. The number of aliphatic hydroxyl groups is 1. The molecule has 0 aromatic heterocycles. The highest BCUT2D eigenvalue weighted by Gasteiger charge is 2.27. The van der Waals surface area contributed by atoms with E-state index >= 15 is 0 Å². The van der Waals surface area contributed by atoms with Gasteiger partial charge in [-0.3, -0.25) is 0 Å². The van der Waals surface area contributed by atoms with Crippen molar-refractivity contribution in [2.45, 2.75) is 38.8 Å². The molecule has 0 radical (unpaired) electrons. The van der Waals surface area contributed by atoms with Gasteiger partial charge in [0, 0.05) is 6.42 Å². The van der Waals surface area contributed by atoms with Crippen molar-refractivity contribution in [2.75, 3.05) is 7.11 Å². The third-order valence-electron chi connectivity index (χ3n) is 3.06. The van der Waals surface area contributed by atoms with Gasteiger partial charge < -0.3 is 19.9 Å². The van der Waals surface area contributed by atoms with Crippen molar-refractivity contribution in [1.82, 2.24) is 5.32 Å². The summed E-state index contributed by atoms with van der Waals surface area (Å²) in [6.45, 7) is 5.09. The first-order chi connectivity index (χ1) is 11.7. The number of hydrogen-bond donors (Lipinski definition) is 2. The van der Waals surface area contributed by atoms with E-state index in [4.69, 9.17) is 10.00 Å². The third kappa shape index (κ3) is 6.55. The van der Waals surface area contributed by atoms with Crippen LogP contribution in [-0.4, -0.2) is 35.9 Å². The maximum atomic E-state index is 12.0. The van der Waals surface area contributed by atoms with Crippen molar-refractivity contribution >= 4 is 12.1 Å². The van der Waals surface area contributed by atoms with Gasteiger partial charge in [0.25, 0.3) is 0 Å².